The van der Waals surface area contributed by atoms with Gasteiger partial charge in [-0.05, 0) is 24.3 Å². The van der Waals surface area contributed by atoms with E-state index in [-0.39, 0.29) is 0 Å². The fourth-order valence-electron chi connectivity index (χ4n) is 1.63. The maximum absolute atomic E-state index is 5.70. The minimum Gasteiger partial charge on any atom is -0.369 e. The minimum absolute atomic E-state index is 0.941. The standard InChI is InChI=1S/C10H14BrN3/c11-9-1-3-10(4-2-9)13-5-7-14(12)8-6-13/h1-4H,5-8,12H2. The van der Waals surface area contributed by atoms with Crippen LogP contribution in [0.15, 0.2) is 28.7 Å². The number of rotatable bonds is 1. The van der Waals surface area contributed by atoms with Crippen LogP contribution in [0, 0.1) is 0 Å². The Morgan fingerprint density at radius 2 is 1.57 bits per heavy atom. The molecule has 2 rings (SSSR count). The molecule has 1 heterocycles. The van der Waals surface area contributed by atoms with E-state index >= 15 is 0 Å². The summed E-state index contributed by atoms with van der Waals surface area (Å²) in [5, 5.41) is 1.87. The average Bonchev–Trinajstić information content (AvgIpc) is 2.21. The smallest absolute Gasteiger partial charge is 0.0367 e. The molecule has 1 saturated heterocycles. The van der Waals surface area contributed by atoms with Crippen molar-refractivity contribution in [1.82, 2.24) is 5.01 Å². The van der Waals surface area contributed by atoms with E-state index in [9.17, 15) is 0 Å². The third-order valence-corrected chi connectivity index (χ3v) is 3.03. The summed E-state index contributed by atoms with van der Waals surface area (Å²) in [5.41, 5.74) is 1.28. The zero-order chi connectivity index (χ0) is 9.97. The molecule has 1 aliphatic rings. The van der Waals surface area contributed by atoms with E-state index in [0.717, 1.165) is 30.7 Å². The quantitative estimate of drug-likeness (QED) is 0.772. The zero-order valence-corrected chi connectivity index (χ0v) is 9.57. The highest BCUT2D eigenvalue weighted by molar-refractivity contribution is 9.10. The highest BCUT2D eigenvalue weighted by atomic mass is 79.9. The molecule has 0 radical (unpaired) electrons. The summed E-state index contributed by atoms with van der Waals surface area (Å²) in [6.07, 6.45) is 0. The number of nitrogens with two attached hydrogens (primary N) is 1. The van der Waals surface area contributed by atoms with Gasteiger partial charge in [0.15, 0.2) is 0 Å². The van der Waals surface area contributed by atoms with Gasteiger partial charge in [0.25, 0.3) is 0 Å². The average molecular weight is 256 g/mol. The SMILES string of the molecule is NN1CCN(c2ccc(Br)cc2)CC1. The first kappa shape index (κ1) is 9.96. The Morgan fingerprint density at radius 3 is 2.14 bits per heavy atom. The Bertz CT molecular complexity index is 291. The molecule has 1 aliphatic heterocycles. The molecule has 0 atom stereocenters. The second-order valence-electron chi connectivity index (χ2n) is 3.50. The topological polar surface area (TPSA) is 32.5 Å². The molecule has 1 aromatic rings. The van der Waals surface area contributed by atoms with Crippen molar-refractivity contribution in [3.05, 3.63) is 28.7 Å². The molecule has 4 heteroatoms. The van der Waals surface area contributed by atoms with Gasteiger partial charge in [-0.15, -0.1) is 0 Å². The van der Waals surface area contributed by atoms with Gasteiger partial charge in [0.2, 0.25) is 0 Å². The first-order chi connectivity index (χ1) is 6.75. The summed E-state index contributed by atoms with van der Waals surface area (Å²) in [7, 11) is 0. The molecule has 2 N–H and O–H groups in total. The van der Waals surface area contributed by atoms with Crippen molar-refractivity contribution in [3.63, 3.8) is 0 Å². The molecule has 1 aromatic carbocycles. The molecule has 0 aromatic heterocycles. The van der Waals surface area contributed by atoms with Crippen LogP contribution in [-0.2, 0) is 0 Å². The van der Waals surface area contributed by atoms with Crippen molar-refractivity contribution < 1.29 is 0 Å². The van der Waals surface area contributed by atoms with Gasteiger partial charge >= 0.3 is 0 Å². The first-order valence-corrected chi connectivity index (χ1v) is 5.55. The third-order valence-electron chi connectivity index (χ3n) is 2.51. The van der Waals surface area contributed by atoms with Gasteiger partial charge in [-0.3, -0.25) is 5.84 Å². The van der Waals surface area contributed by atoms with Crippen LogP contribution in [0.1, 0.15) is 0 Å². The highest BCUT2D eigenvalue weighted by Gasteiger charge is 2.13. The second-order valence-corrected chi connectivity index (χ2v) is 4.42. The molecular weight excluding hydrogens is 242 g/mol. The summed E-state index contributed by atoms with van der Waals surface area (Å²) in [6.45, 7) is 3.91. The number of piperazine rings is 1. The van der Waals surface area contributed by atoms with Crippen molar-refractivity contribution in [1.29, 1.82) is 0 Å². The fraction of sp³-hybridized carbons (Fsp3) is 0.400. The van der Waals surface area contributed by atoms with Crippen LogP contribution in [0.5, 0.6) is 0 Å². The molecule has 14 heavy (non-hydrogen) atoms. The number of hydrogen-bond acceptors (Lipinski definition) is 3. The fourth-order valence-corrected chi connectivity index (χ4v) is 1.90. The van der Waals surface area contributed by atoms with E-state index in [2.05, 4.69) is 45.1 Å². The molecule has 0 saturated carbocycles. The van der Waals surface area contributed by atoms with Gasteiger partial charge in [-0.25, -0.2) is 5.01 Å². The predicted molar refractivity (Wildman–Crippen MR) is 62.1 cm³/mol. The highest BCUT2D eigenvalue weighted by Crippen LogP contribution is 2.19. The van der Waals surface area contributed by atoms with Crippen molar-refractivity contribution in [2.75, 3.05) is 31.1 Å². The van der Waals surface area contributed by atoms with E-state index in [0.29, 0.717) is 0 Å². The molecule has 0 unspecified atom stereocenters. The molecule has 0 spiro atoms. The lowest BCUT2D eigenvalue weighted by Gasteiger charge is -2.33. The van der Waals surface area contributed by atoms with Crippen molar-refractivity contribution in [2.24, 2.45) is 5.84 Å². The van der Waals surface area contributed by atoms with Crippen LogP contribution in [0.3, 0.4) is 0 Å². The Labute approximate surface area is 92.6 Å². The molecule has 76 valence electrons. The van der Waals surface area contributed by atoms with Gasteiger partial charge in [-0.2, -0.15) is 0 Å². The van der Waals surface area contributed by atoms with E-state index < -0.39 is 0 Å². The van der Waals surface area contributed by atoms with E-state index in [4.69, 9.17) is 5.84 Å². The van der Waals surface area contributed by atoms with Gasteiger partial charge < -0.3 is 4.90 Å². The molecular formula is C10H14BrN3. The molecule has 3 nitrogen and oxygen atoms in total. The number of benzene rings is 1. The number of hydrogen-bond donors (Lipinski definition) is 1. The summed E-state index contributed by atoms with van der Waals surface area (Å²) in [4.78, 5) is 2.36. The Morgan fingerprint density at radius 1 is 1.00 bits per heavy atom. The number of anilines is 1. The normalized spacial score (nSPS) is 18.6. The number of hydrazine groups is 1. The van der Waals surface area contributed by atoms with Gasteiger partial charge in [0, 0.05) is 36.3 Å². The second kappa shape index (κ2) is 4.29. The first-order valence-electron chi connectivity index (χ1n) is 4.76. The summed E-state index contributed by atoms with van der Waals surface area (Å²) < 4.78 is 1.12. The maximum atomic E-state index is 5.70. The monoisotopic (exact) mass is 255 g/mol. The molecule has 0 aliphatic carbocycles. The predicted octanol–water partition coefficient (Wildman–Crippen LogP) is 1.44. The Balaban J connectivity index is 2.05. The summed E-state index contributed by atoms with van der Waals surface area (Å²) in [6, 6.07) is 8.42. The van der Waals surface area contributed by atoms with Crippen LogP contribution in [0.4, 0.5) is 5.69 Å². The lowest BCUT2D eigenvalue weighted by molar-refractivity contribution is 0.266. The van der Waals surface area contributed by atoms with Gasteiger partial charge in [0.05, 0.1) is 0 Å². The van der Waals surface area contributed by atoms with Crippen molar-refractivity contribution >= 4 is 21.6 Å². The molecule has 0 bridgehead atoms. The van der Waals surface area contributed by atoms with Crippen LogP contribution in [0.2, 0.25) is 0 Å². The van der Waals surface area contributed by atoms with Gasteiger partial charge in [-0.1, -0.05) is 15.9 Å². The molecule has 0 amide bonds. The van der Waals surface area contributed by atoms with Crippen LogP contribution in [-0.4, -0.2) is 31.2 Å². The van der Waals surface area contributed by atoms with Crippen molar-refractivity contribution in [2.45, 2.75) is 0 Å². The van der Waals surface area contributed by atoms with Gasteiger partial charge in [0.1, 0.15) is 0 Å². The molecule has 1 fully saturated rings. The maximum Gasteiger partial charge on any atom is 0.0367 e. The lowest BCUT2D eigenvalue weighted by atomic mass is 10.2. The van der Waals surface area contributed by atoms with Crippen molar-refractivity contribution in [3.8, 4) is 0 Å². The Kier molecular flexibility index (Phi) is 3.05. The zero-order valence-electron chi connectivity index (χ0n) is 7.99. The Hall–Kier alpha value is -0.580. The minimum atomic E-state index is 0.941. The third kappa shape index (κ3) is 2.26. The number of nitrogens with zero attached hydrogens (tertiary/aromatic N) is 2. The summed E-state index contributed by atoms with van der Waals surface area (Å²) in [5.74, 6) is 5.70. The van der Waals surface area contributed by atoms with E-state index in [1.807, 2.05) is 5.01 Å². The van der Waals surface area contributed by atoms with E-state index in [1.54, 1.807) is 0 Å². The van der Waals surface area contributed by atoms with Crippen LogP contribution < -0.4 is 10.7 Å². The largest absolute Gasteiger partial charge is 0.369 e. The summed E-state index contributed by atoms with van der Waals surface area (Å²) >= 11 is 3.43. The lowest BCUT2D eigenvalue weighted by Crippen LogP contribution is -2.49. The van der Waals surface area contributed by atoms with Crippen LogP contribution >= 0.6 is 15.9 Å². The van der Waals surface area contributed by atoms with Crippen LogP contribution in [0.25, 0.3) is 0 Å². The number of halogens is 1. The van der Waals surface area contributed by atoms with E-state index in [1.165, 1.54) is 5.69 Å².